The van der Waals surface area contributed by atoms with Crippen molar-refractivity contribution >= 4 is 18.0 Å². The number of nitrogens with one attached hydrogen (secondary N) is 1. The van der Waals surface area contributed by atoms with Crippen LogP contribution >= 0.6 is 0 Å². The summed E-state index contributed by atoms with van der Waals surface area (Å²) in [6, 6.07) is 13.2. The summed E-state index contributed by atoms with van der Waals surface area (Å²) in [5, 5.41) is 11.5. The second kappa shape index (κ2) is 9.25. The van der Waals surface area contributed by atoms with Gasteiger partial charge < -0.3 is 10.4 Å². The molecule has 24 heavy (non-hydrogen) atoms. The van der Waals surface area contributed by atoms with Crippen molar-refractivity contribution in [1.82, 2.24) is 10.3 Å². The molecule has 0 aliphatic rings. The van der Waals surface area contributed by atoms with Gasteiger partial charge in [-0.05, 0) is 35.8 Å². The lowest BCUT2D eigenvalue weighted by Crippen LogP contribution is -2.23. The lowest BCUT2D eigenvalue weighted by atomic mass is 10.1. The summed E-state index contributed by atoms with van der Waals surface area (Å²) in [4.78, 5) is 26.5. The van der Waals surface area contributed by atoms with E-state index in [-0.39, 0.29) is 12.3 Å². The van der Waals surface area contributed by atoms with Gasteiger partial charge in [-0.2, -0.15) is 0 Å². The number of aromatic nitrogens is 1. The molecule has 1 aromatic heterocycles. The van der Waals surface area contributed by atoms with Crippen molar-refractivity contribution in [2.24, 2.45) is 0 Å². The number of hydrogen-bond donors (Lipinski definition) is 2. The van der Waals surface area contributed by atoms with E-state index < -0.39 is 5.97 Å². The minimum atomic E-state index is -0.804. The largest absolute Gasteiger partial charge is 0.481 e. The highest BCUT2D eigenvalue weighted by molar-refractivity contribution is 5.91. The van der Waals surface area contributed by atoms with Gasteiger partial charge in [-0.3, -0.25) is 14.6 Å². The number of aliphatic carboxylic acids is 1. The van der Waals surface area contributed by atoms with Crippen LogP contribution in [-0.2, 0) is 22.4 Å². The van der Waals surface area contributed by atoms with Crippen LogP contribution in [0.15, 0.2) is 54.7 Å². The number of hydrogen-bond acceptors (Lipinski definition) is 3. The van der Waals surface area contributed by atoms with Crippen LogP contribution in [0.4, 0.5) is 0 Å². The summed E-state index contributed by atoms with van der Waals surface area (Å²) in [6.45, 7) is 0.536. The molecule has 0 unspecified atom stereocenters. The highest BCUT2D eigenvalue weighted by Gasteiger charge is 2.00. The van der Waals surface area contributed by atoms with Gasteiger partial charge >= 0.3 is 5.97 Å². The molecule has 2 rings (SSSR count). The predicted molar refractivity (Wildman–Crippen MR) is 92.4 cm³/mol. The Morgan fingerprint density at radius 3 is 2.54 bits per heavy atom. The zero-order valence-electron chi connectivity index (χ0n) is 13.3. The van der Waals surface area contributed by atoms with E-state index in [1.54, 1.807) is 12.3 Å². The molecular weight excluding hydrogens is 304 g/mol. The molecule has 124 valence electrons. The number of carboxylic acid groups (broad SMARTS) is 1. The molecule has 2 aromatic rings. The summed E-state index contributed by atoms with van der Waals surface area (Å²) >= 11 is 0. The van der Waals surface area contributed by atoms with Crippen LogP contribution in [-0.4, -0.2) is 28.5 Å². The quantitative estimate of drug-likeness (QED) is 0.731. The van der Waals surface area contributed by atoms with Gasteiger partial charge in [0.1, 0.15) is 0 Å². The summed E-state index contributed by atoms with van der Waals surface area (Å²) in [5.41, 5.74) is 2.81. The molecule has 0 saturated heterocycles. The van der Waals surface area contributed by atoms with Crippen molar-refractivity contribution in [3.8, 4) is 0 Å². The van der Waals surface area contributed by atoms with Crippen LogP contribution in [0.3, 0.4) is 0 Å². The summed E-state index contributed by atoms with van der Waals surface area (Å²) < 4.78 is 0. The minimum absolute atomic E-state index is 0.119. The zero-order valence-corrected chi connectivity index (χ0v) is 13.3. The molecule has 5 nitrogen and oxygen atoms in total. The second-order valence-electron chi connectivity index (χ2n) is 5.33. The third kappa shape index (κ3) is 6.44. The average Bonchev–Trinajstić information content (AvgIpc) is 2.60. The fourth-order valence-corrected chi connectivity index (χ4v) is 2.14. The predicted octanol–water partition coefficient (Wildman–Crippen LogP) is 2.47. The number of benzene rings is 1. The lowest BCUT2D eigenvalue weighted by molar-refractivity contribution is -0.137. The van der Waals surface area contributed by atoms with E-state index in [0.717, 1.165) is 16.8 Å². The number of nitrogens with zero attached hydrogens (tertiary/aromatic N) is 1. The monoisotopic (exact) mass is 324 g/mol. The smallest absolute Gasteiger partial charge is 0.303 e. The molecule has 1 amide bonds. The van der Waals surface area contributed by atoms with Gasteiger partial charge in [-0.25, -0.2) is 0 Å². The van der Waals surface area contributed by atoms with Crippen molar-refractivity contribution in [3.05, 3.63) is 71.6 Å². The van der Waals surface area contributed by atoms with Crippen LogP contribution in [0, 0.1) is 0 Å². The Morgan fingerprint density at radius 2 is 1.88 bits per heavy atom. The minimum Gasteiger partial charge on any atom is -0.481 e. The molecule has 5 heteroatoms. The molecule has 0 spiro atoms. The molecule has 0 aliphatic carbocycles. The van der Waals surface area contributed by atoms with Gasteiger partial charge in [0, 0.05) is 37.4 Å². The standard InChI is InChI=1S/C19H20N2O3/c22-18(21-14-12-17-3-1-2-13-20-17)10-8-15-4-6-16(7-5-15)9-11-19(23)24/h1-8,10,13H,9,11-12,14H2,(H,21,22)(H,23,24). The van der Waals surface area contributed by atoms with Crippen LogP contribution in [0.1, 0.15) is 23.2 Å². The van der Waals surface area contributed by atoms with Crippen LogP contribution < -0.4 is 5.32 Å². The van der Waals surface area contributed by atoms with Crippen LogP contribution in [0.2, 0.25) is 0 Å². The van der Waals surface area contributed by atoms with Crippen LogP contribution in [0.25, 0.3) is 6.08 Å². The van der Waals surface area contributed by atoms with Gasteiger partial charge in [0.15, 0.2) is 0 Å². The van der Waals surface area contributed by atoms with Gasteiger partial charge in [0.2, 0.25) is 5.91 Å². The molecule has 0 fully saturated rings. The number of amides is 1. The molecule has 1 heterocycles. The maximum atomic E-state index is 11.8. The maximum absolute atomic E-state index is 11.8. The number of pyridine rings is 1. The zero-order chi connectivity index (χ0) is 17.2. The third-order valence-electron chi connectivity index (χ3n) is 3.44. The fourth-order valence-electron chi connectivity index (χ4n) is 2.14. The topological polar surface area (TPSA) is 79.3 Å². The summed E-state index contributed by atoms with van der Waals surface area (Å²) in [5.74, 6) is -0.956. The second-order valence-corrected chi connectivity index (χ2v) is 5.33. The summed E-state index contributed by atoms with van der Waals surface area (Å²) in [6.07, 6.45) is 6.28. The normalized spacial score (nSPS) is 10.7. The van der Waals surface area contributed by atoms with E-state index in [0.29, 0.717) is 19.4 Å². The van der Waals surface area contributed by atoms with Crippen molar-refractivity contribution in [2.75, 3.05) is 6.54 Å². The summed E-state index contributed by atoms with van der Waals surface area (Å²) in [7, 11) is 0. The molecule has 0 aliphatic heterocycles. The number of carbonyl (C=O) groups excluding carboxylic acids is 1. The van der Waals surface area contributed by atoms with Crippen LogP contribution in [0.5, 0.6) is 0 Å². The lowest BCUT2D eigenvalue weighted by Gasteiger charge is -2.02. The first kappa shape index (κ1) is 17.4. The molecule has 0 radical (unpaired) electrons. The highest BCUT2D eigenvalue weighted by atomic mass is 16.4. The first-order chi connectivity index (χ1) is 11.6. The molecular formula is C19H20N2O3. The van der Waals surface area contributed by atoms with Gasteiger partial charge in [0.05, 0.1) is 0 Å². The third-order valence-corrected chi connectivity index (χ3v) is 3.44. The molecule has 0 bridgehead atoms. The van der Waals surface area contributed by atoms with E-state index in [9.17, 15) is 9.59 Å². The van der Waals surface area contributed by atoms with Gasteiger partial charge in [-0.15, -0.1) is 0 Å². The molecule has 1 aromatic carbocycles. The molecule has 2 N–H and O–H groups in total. The Balaban J connectivity index is 1.75. The first-order valence-corrected chi connectivity index (χ1v) is 7.80. The van der Waals surface area contributed by atoms with Crippen molar-refractivity contribution in [3.63, 3.8) is 0 Å². The Kier molecular flexibility index (Phi) is 6.71. The Morgan fingerprint density at radius 1 is 1.08 bits per heavy atom. The SMILES string of the molecule is O=C(O)CCc1ccc(C=CC(=O)NCCc2ccccn2)cc1. The average molecular weight is 324 g/mol. The number of carbonyl (C=O) groups is 2. The fraction of sp³-hybridized carbons (Fsp3) is 0.211. The number of carboxylic acids is 1. The van der Waals surface area contributed by atoms with E-state index in [2.05, 4.69) is 10.3 Å². The molecule has 0 saturated carbocycles. The maximum Gasteiger partial charge on any atom is 0.303 e. The van der Waals surface area contributed by atoms with Gasteiger partial charge in [0.25, 0.3) is 0 Å². The van der Waals surface area contributed by atoms with E-state index in [4.69, 9.17) is 5.11 Å². The van der Waals surface area contributed by atoms with E-state index >= 15 is 0 Å². The van der Waals surface area contributed by atoms with Crippen molar-refractivity contribution in [1.29, 1.82) is 0 Å². The Hall–Kier alpha value is -2.95. The van der Waals surface area contributed by atoms with E-state index in [1.807, 2.05) is 42.5 Å². The van der Waals surface area contributed by atoms with Gasteiger partial charge in [-0.1, -0.05) is 30.3 Å². The van der Waals surface area contributed by atoms with Crippen molar-refractivity contribution in [2.45, 2.75) is 19.3 Å². The number of rotatable bonds is 8. The number of aryl methyl sites for hydroxylation is 1. The Labute approximate surface area is 141 Å². The Bertz CT molecular complexity index is 694. The van der Waals surface area contributed by atoms with Crippen molar-refractivity contribution < 1.29 is 14.7 Å². The highest BCUT2D eigenvalue weighted by Crippen LogP contribution is 2.08. The van der Waals surface area contributed by atoms with E-state index in [1.165, 1.54) is 6.08 Å². The molecule has 0 atom stereocenters. The first-order valence-electron chi connectivity index (χ1n) is 7.80.